The van der Waals surface area contributed by atoms with E-state index in [9.17, 15) is 0 Å². The third-order valence-corrected chi connectivity index (χ3v) is 4.68. The van der Waals surface area contributed by atoms with Crippen LogP contribution in [0.2, 0.25) is 0 Å². The number of benzene rings is 2. The van der Waals surface area contributed by atoms with Crippen LogP contribution in [0.25, 0.3) is 11.3 Å². The third-order valence-electron chi connectivity index (χ3n) is 4.68. The molecular formula is C24H32IN5O2. The van der Waals surface area contributed by atoms with Crippen molar-refractivity contribution in [1.82, 2.24) is 20.6 Å². The minimum atomic E-state index is 0. The highest BCUT2D eigenvalue weighted by molar-refractivity contribution is 14.0. The number of methoxy groups -OCH3 is 1. The number of guanidine groups is 1. The van der Waals surface area contributed by atoms with E-state index < -0.39 is 0 Å². The number of halogens is 1. The van der Waals surface area contributed by atoms with Gasteiger partial charge in [-0.25, -0.2) is 9.98 Å². The predicted molar refractivity (Wildman–Crippen MR) is 140 cm³/mol. The summed E-state index contributed by atoms with van der Waals surface area (Å²) >= 11 is 0. The first-order valence-electron chi connectivity index (χ1n) is 10.6. The van der Waals surface area contributed by atoms with Gasteiger partial charge in [-0.3, -0.25) is 0 Å². The van der Waals surface area contributed by atoms with Gasteiger partial charge in [0.05, 0.1) is 32.1 Å². The van der Waals surface area contributed by atoms with Crippen LogP contribution in [0.4, 0.5) is 0 Å². The lowest BCUT2D eigenvalue weighted by Gasteiger charge is -2.12. The lowest BCUT2D eigenvalue weighted by molar-refractivity contribution is 0.145. The molecule has 0 aliphatic heterocycles. The number of hydrogen-bond acceptors (Lipinski definition) is 4. The van der Waals surface area contributed by atoms with Crippen molar-refractivity contribution in [3.05, 3.63) is 72.2 Å². The molecule has 0 atom stereocenters. The minimum absolute atomic E-state index is 0. The van der Waals surface area contributed by atoms with Crippen LogP contribution in [0.15, 0.2) is 65.8 Å². The zero-order chi connectivity index (χ0) is 21.7. The van der Waals surface area contributed by atoms with Crippen molar-refractivity contribution < 1.29 is 9.47 Å². The highest BCUT2D eigenvalue weighted by atomic mass is 127. The van der Waals surface area contributed by atoms with Crippen LogP contribution in [0.5, 0.6) is 5.75 Å². The quantitative estimate of drug-likeness (QED) is 0.143. The van der Waals surface area contributed by atoms with Gasteiger partial charge in [0.1, 0.15) is 11.6 Å². The largest absolute Gasteiger partial charge is 0.497 e. The molecule has 0 aliphatic rings. The fraction of sp³-hybridized carbons (Fsp3) is 0.333. The maximum Gasteiger partial charge on any atom is 0.191 e. The molecule has 3 aromatic rings. The normalized spacial score (nSPS) is 11.0. The van der Waals surface area contributed by atoms with Crippen LogP contribution >= 0.6 is 24.0 Å². The van der Waals surface area contributed by atoms with Crippen molar-refractivity contribution in [3.63, 3.8) is 0 Å². The minimum Gasteiger partial charge on any atom is -0.497 e. The second-order valence-corrected chi connectivity index (χ2v) is 6.95. The average Bonchev–Trinajstić information content (AvgIpc) is 3.30. The van der Waals surface area contributed by atoms with Crippen LogP contribution in [-0.4, -0.2) is 42.8 Å². The molecule has 0 bridgehead atoms. The Morgan fingerprint density at radius 1 is 1.06 bits per heavy atom. The second-order valence-electron chi connectivity index (χ2n) is 6.95. The summed E-state index contributed by atoms with van der Waals surface area (Å²) in [7, 11) is 1.67. The van der Waals surface area contributed by atoms with Crippen LogP contribution in [-0.2, 0) is 17.8 Å². The molecule has 172 valence electrons. The molecule has 1 aromatic heterocycles. The van der Waals surface area contributed by atoms with E-state index in [2.05, 4.69) is 32.7 Å². The van der Waals surface area contributed by atoms with Crippen molar-refractivity contribution in [3.8, 4) is 17.0 Å². The van der Waals surface area contributed by atoms with Gasteiger partial charge in [-0.15, -0.1) is 24.0 Å². The van der Waals surface area contributed by atoms with E-state index in [4.69, 9.17) is 14.5 Å². The van der Waals surface area contributed by atoms with Gasteiger partial charge >= 0.3 is 0 Å². The summed E-state index contributed by atoms with van der Waals surface area (Å²) in [5.74, 6) is 2.43. The number of aromatic amines is 1. The lowest BCUT2D eigenvalue weighted by Crippen LogP contribution is -2.38. The fourth-order valence-corrected chi connectivity index (χ4v) is 2.99. The van der Waals surface area contributed by atoms with Gasteiger partial charge in [-0.05, 0) is 36.6 Å². The van der Waals surface area contributed by atoms with Gasteiger partial charge in [0, 0.05) is 19.8 Å². The zero-order valence-electron chi connectivity index (χ0n) is 18.6. The van der Waals surface area contributed by atoms with E-state index in [0.717, 1.165) is 60.5 Å². The molecule has 0 aliphatic carbocycles. The number of rotatable bonds is 11. The van der Waals surface area contributed by atoms with Gasteiger partial charge in [0.25, 0.3) is 0 Å². The molecule has 8 heteroatoms. The monoisotopic (exact) mass is 549 g/mol. The number of nitrogens with one attached hydrogen (secondary N) is 3. The number of imidazole rings is 1. The summed E-state index contributed by atoms with van der Waals surface area (Å²) in [5.41, 5.74) is 3.23. The molecule has 2 aromatic carbocycles. The Kier molecular flexibility index (Phi) is 11.6. The van der Waals surface area contributed by atoms with E-state index in [1.165, 1.54) is 0 Å². The van der Waals surface area contributed by atoms with Crippen molar-refractivity contribution in [2.45, 2.75) is 26.4 Å². The van der Waals surface area contributed by atoms with E-state index in [-0.39, 0.29) is 24.0 Å². The maximum absolute atomic E-state index is 5.41. The lowest BCUT2D eigenvalue weighted by atomic mass is 10.2. The molecule has 7 nitrogen and oxygen atoms in total. The van der Waals surface area contributed by atoms with Gasteiger partial charge in [0.2, 0.25) is 0 Å². The van der Waals surface area contributed by atoms with E-state index in [0.29, 0.717) is 13.1 Å². The number of H-pyrrole nitrogens is 1. The number of hydrogen-bond donors (Lipinski definition) is 3. The Morgan fingerprint density at radius 2 is 1.84 bits per heavy atom. The highest BCUT2D eigenvalue weighted by Gasteiger charge is 2.05. The number of ether oxygens (including phenoxy) is 2. The zero-order valence-corrected chi connectivity index (χ0v) is 21.0. The smallest absolute Gasteiger partial charge is 0.191 e. The molecule has 0 amide bonds. The molecule has 32 heavy (non-hydrogen) atoms. The Balaban J connectivity index is 0.00000363. The van der Waals surface area contributed by atoms with Crippen LogP contribution in [0.1, 0.15) is 24.7 Å². The SMILES string of the molecule is CCOCCCNC(=NCc1ccc(OC)cc1)NCc1ncc(-c2ccccc2)[nH]1.I. The average molecular weight is 549 g/mol. The summed E-state index contributed by atoms with van der Waals surface area (Å²) in [6.45, 7) is 5.36. The second kappa shape index (κ2) is 14.5. The first kappa shape index (κ1) is 25.7. The van der Waals surface area contributed by atoms with Crippen molar-refractivity contribution in [2.75, 3.05) is 26.9 Å². The molecular weight excluding hydrogens is 517 g/mol. The Bertz CT molecular complexity index is 929. The molecule has 1 heterocycles. The van der Waals surface area contributed by atoms with Gasteiger partial charge in [-0.1, -0.05) is 42.5 Å². The van der Waals surface area contributed by atoms with Crippen LogP contribution in [0.3, 0.4) is 0 Å². The molecule has 0 saturated carbocycles. The molecule has 0 fully saturated rings. The maximum atomic E-state index is 5.41. The Hall–Kier alpha value is -2.59. The van der Waals surface area contributed by atoms with Crippen molar-refractivity contribution >= 4 is 29.9 Å². The molecule has 3 N–H and O–H groups in total. The van der Waals surface area contributed by atoms with Crippen molar-refractivity contribution in [1.29, 1.82) is 0 Å². The number of aromatic nitrogens is 2. The fourth-order valence-electron chi connectivity index (χ4n) is 2.99. The Labute approximate surface area is 207 Å². The molecule has 3 rings (SSSR count). The highest BCUT2D eigenvalue weighted by Crippen LogP contribution is 2.16. The predicted octanol–water partition coefficient (Wildman–Crippen LogP) is 4.37. The summed E-state index contributed by atoms with van der Waals surface area (Å²) < 4.78 is 10.6. The topological polar surface area (TPSA) is 83.6 Å². The first-order valence-corrected chi connectivity index (χ1v) is 10.6. The van der Waals surface area contributed by atoms with E-state index >= 15 is 0 Å². The molecule has 0 saturated heterocycles. The third kappa shape index (κ3) is 8.51. The van der Waals surface area contributed by atoms with Crippen molar-refractivity contribution in [2.24, 2.45) is 4.99 Å². The van der Waals surface area contributed by atoms with Gasteiger partial charge < -0.3 is 25.1 Å². The number of aliphatic imine (C=N–C) groups is 1. The summed E-state index contributed by atoms with van der Waals surface area (Å²) in [5, 5.41) is 6.74. The van der Waals surface area contributed by atoms with E-state index in [1.54, 1.807) is 7.11 Å². The van der Waals surface area contributed by atoms with E-state index in [1.807, 2.05) is 55.6 Å². The summed E-state index contributed by atoms with van der Waals surface area (Å²) in [6, 6.07) is 18.1. The Morgan fingerprint density at radius 3 is 2.56 bits per heavy atom. The van der Waals surface area contributed by atoms with Gasteiger partial charge in [0.15, 0.2) is 5.96 Å². The summed E-state index contributed by atoms with van der Waals surface area (Å²) in [6.07, 6.45) is 2.77. The standard InChI is InChI=1S/C24H31N5O2.HI/c1-3-31-15-7-14-25-24(27-16-19-10-12-21(30-2)13-11-19)28-18-23-26-17-22(29-23)20-8-5-4-6-9-20;/h4-6,8-13,17H,3,7,14-16,18H2,1-2H3,(H,26,29)(H2,25,27,28);1H. The number of nitrogens with zero attached hydrogens (tertiary/aromatic N) is 2. The molecule has 0 unspecified atom stereocenters. The first-order chi connectivity index (χ1) is 15.3. The van der Waals surface area contributed by atoms with Crippen LogP contribution < -0.4 is 15.4 Å². The molecule has 0 radical (unpaired) electrons. The summed E-state index contributed by atoms with van der Waals surface area (Å²) in [4.78, 5) is 12.6. The van der Waals surface area contributed by atoms with Gasteiger partial charge in [-0.2, -0.15) is 0 Å². The molecule has 0 spiro atoms. The van der Waals surface area contributed by atoms with Crippen LogP contribution in [0, 0.1) is 0 Å².